The fraction of sp³-hybridized carbons (Fsp3) is 0.231. The lowest BCUT2D eigenvalue weighted by atomic mass is 9.91. The van der Waals surface area contributed by atoms with Gasteiger partial charge in [0.2, 0.25) is 0 Å². The summed E-state index contributed by atoms with van der Waals surface area (Å²) in [6, 6.07) is 11.1. The predicted octanol–water partition coefficient (Wildman–Crippen LogP) is 6.75. The van der Waals surface area contributed by atoms with Crippen molar-refractivity contribution < 1.29 is 22.6 Å². The highest BCUT2D eigenvalue weighted by Gasteiger charge is 2.34. The Morgan fingerprint density at radius 2 is 1.97 bits per heavy atom. The molecule has 9 heteroatoms. The quantitative estimate of drug-likeness (QED) is 0.379. The first kappa shape index (κ1) is 24.6. The number of rotatable bonds is 6. The number of hydrogen-bond donors (Lipinski definition) is 1. The zero-order valence-electron chi connectivity index (χ0n) is 19.1. The number of nitrogens with zero attached hydrogens (tertiary/aromatic N) is 2. The van der Waals surface area contributed by atoms with Crippen LogP contribution >= 0.6 is 11.6 Å². The maximum atomic E-state index is 13.2. The minimum absolute atomic E-state index is 0.170. The summed E-state index contributed by atoms with van der Waals surface area (Å²) < 4.78 is 50.9. The van der Waals surface area contributed by atoms with Gasteiger partial charge in [0.05, 0.1) is 18.4 Å². The van der Waals surface area contributed by atoms with E-state index in [0.29, 0.717) is 16.7 Å². The van der Waals surface area contributed by atoms with E-state index in [2.05, 4.69) is 28.3 Å². The first-order valence-electron chi connectivity index (χ1n) is 10.9. The van der Waals surface area contributed by atoms with Crippen LogP contribution in [-0.4, -0.2) is 17.1 Å². The van der Waals surface area contributed by atoms with E-state index in [0.717, 1.165) is 34.9 Å². The van der Waals surface area contributed by atoms with Gasteiger partial charge in [0.1, 0.15) is 23.3 Å². The van der Waals surface area contributed by atoms with E-state index in [4.69, 9.17) is 21.1 Å². The molecule has 0 fully saturated rings. The number of methoxy groups -OCH3 is 1. The van der Waals surface area contributed by atoms with Gasteiger partial charge in [-0.05, 0) is 54.3 Å². The third-order valence-corrected chi connectivity index (χ3v) is 5.91. The van der Waals surface area contributed by atoms with Crippen LogP contribution in [-0.2, 0) is 12.8 Å². The van der Waals surface area contributed by atoms with Crippen LogP contribution < -0.4 is 14.8 Å². The Bertz CT molecular complexity index is 1260. The van der Waals surface area contributed by atoms with E-state index in [1.54, 1.807) is 31.5 Å². The maximum absolute atomic E-state index is 13.2. The minimum Gasteiger partial charge on any atom is -0.496 e. The van der Waals surface area contributed by atoms with E-state index in [9.17, 15) is 13.2 Å². The molecule has 1 N–H and O–H groups in total. The molecule has 4 rings (SSSR count). The third-order valence-electron chi connectivity index (χ3n) is 5.68. The van der Waals surface area contributed by atoms with E-state index in [1.807, 2.05) is 18.3 Å². The van der Waals surface area contributed by atoms with Crippen LogP contribution in [0.3, 0.4) is 0 Å². The summed E-state index contributed by atoms with van der Waals surface area (Å²) in [5.74, 6) is 1.10. The van der Waals surface area contributed by atoms with Gasteiger partial charge in [-0.1, -0.05) is 24.6 Å². The first-order chi connectivity index (χ1) is 16.8. The van der Waals surface area contributed by atoms with Gasteiger partial charge >= 0.3 is 6.18 Å². The molecule has 35 heavy (non-hydrogen) atoms. The van der Waals surface area contributed by atoms with Crippen LogP contribution in [0.1, 0.15) is 35.7 Å². The van der Waals surface area contributed by atoms with Crippen LogP contribution in [0.5, 0.6) is 11.5 Å². The smallest absolute Gasteiger partial charge is 0.418 e. The zero-order chi connectivity index (χ0) is 25.0. The summed E-state index contributed by atoms with van der Waals surface area (Å²) in [4.78, 5) is 7.98. The van der Waals surface area contributed by atoms with Crippen molar-refractivity contribution in [2.24, 2.45) is 5.92 Å². The van der Waals surface area contributed by atoms with Gasteiger partial charge < -0.3 is 14.8 Å². The summed E-state index contributed by atoms with van der Waals surface area (Å²) in [6.07, 6.45) is 3.33. The van der Waals surface area contributed by atoms with Gasteiger partial charge in [0.15, 0.2) is 0 Å². The van der Waals surface area contributed by atoms with Gasteiger partial charge in [0.25, 0.3) is 0 Å². The number of pyridine rings is 2. The van der Waals surface area contributed by atoms with Crippen molar-refractivity contribution in [2.45, 2.75) is 26.1 Å². The second-order valence-electron chi connectivity index (χ2n) is 8.01. The Labute approximate surface area is 206 Å². The van der Waals surface area contributed by atoms with Crippen LogP contribution in [0.25, 0.3) is 11.3 Å². The highest BCUT2D eigenvalue weighted by Crippen LogP contribution is 2.37. The van der Waals surface area contributed by atoms with Gasteiger partial charge in [-0.2, -0.15) is 13.2 Å². The number of hydrogen-bond acceptors (Lipinski definition) is 5. The molecule has 1 unspecified atom stereocenters. The third kappa shape index (κ3) is 5.77. The van der Waals surface area contributed by atoms with Gasteiger partial charge in [-0.15, -0.1) is 0 Å². The minimum atomic E-state index is -4.50. The first-order valence-corrected chi connectivity index (χ1v) is 11.2. The highest BCUT2D eigenvalue weighted by atomic mass is 35.5. The summed E-state index contributed by atoms with van der Waals surface area (Å²) in [6.45, 7) is 1.79. The molecule has 0 saturated carbocycles. The molecule has 5 nitrogen and oxygen atoms in total. The summed E-state index contributed by atoms with van der Waals surface area (Å²) in [7, 11) is 1.54. The molecular formula is C26H23ClF3N3O2. The fourth-order valence-corrected chi connectivity index (χ4v) is 3.93. The highest BCUT2D eigenvalue weighted by molar-refractivity contribution is 6.29. The molecule has 0 bridgehead atoms. The molecule has 3 aromatic rings. The lowest BCUT2D eigenvalue weighted by Gasteiger charge is -2.18. The van der Waals surface area contributed by atoms with Crippen LogP contribution in [0, 0.1) is 5.92 Å². The number of nitrogens with one attached hydrogen (secondary N) is 1. The number of aromatic nitrogens is 2. The van der Waals surface area contributed by atoms with Crippen LogP contribution in [0.4, 0.5) is 13.2 Å². The average molecular weight is 502 g/mol. The summed E-state index contributed by atoms with van der Waals surface area (Å²) >= 11 is 5.90. The Morgan fingerprint density at radius 1 is 1.14 bits per heavy atom. The molecule has 2 aromatic heterocycles. The molecule has 1 aliphatic heterocycles. The van der Waals surface area contributed by atoms with Gasteiger partial charge in [0, 0.05) is 41.5 Å². The van der Waals surface area contributed by atoms with Crippen molar-refractivity contribution in [3.05, 3.63) is 94.7 Å². The van der Waals surface area contributed by atoms with Crippen molar-refractivity contribution >= 4 is 22.9 Å². The number of ether oxygens (including phenoxy) is 2. The lowest BCUT2D eigenvalue weighted by molar-refractivity contribution is -0.138. The normalized spacial score (nSPS) is 16.0. The molecule has 3 heterocycles. The Morgan fingerprint density at radius 3 is 2.69 bits per heavy atom. The topological polar surface area (TPSA) is 56.3 Å². The molecule has 0 radical (unpaired) electrons. The summed E-state index contributed by atoms with van der Waals surface area (Å²) in [5, 5.41) is 3.77. The molecule has 0 aliphatic carbocycles. The molecular weight excluding hydrogens is 479 g/mol. The largest absolute Gasteiger partial charge is 0.496 e. The van der Waals surface area contributed by atoms with E-state index < -0.39 is 11.7 Å². The zero-order valence-corrected chi connectivity index (χ0v) is 19.8. The molecule has 182 valence electrons. The number of benzene rings is 1. The maximum Gasteiger partial charge on any atom is 0.418 e. The monoisotopic (exact) mass is 501 g/mol. The Kier molecular flexibility index (Phi) is 7.31. The van der Waals surface area contributed by atoms with Crippen LogP contribution in [0.2, 0.25) is 5.15 Å². The number of allylic oxidation sites excluding steroid dienone is 2. The standard InChI is InChI=1S/C26H23ClF3N3O2/c1-16-5-9-22(17-6-10-25(27)33-13-17)32-14-20(16)19-8-7-18(12-24(19)34-2)35-15-23-21(26(28,29)30)4-3-11-31-23/h3-4,6-14,16,32H,5,15H2,1-2H3. The number of halogens is 4. The molecule has 1 aliphatic rings. The average Bonchev–Trinajstić information content (AvgIpc) is 3.04. The SMILES string of the molecule is COc1cc(OCc2ncccc2C(F)(F)F)ccc1C1=CNC(c2ccc(Cl)nc2)=CCC1C. The van der Waals surface area contributed by atoms with E-state index in [-0.39, 0.29) is 18.2 Å². The molecule has 0 amide bonds. The van der Waals surface area contributed by atoms with Crippen molar-refractivity contribution in [1.82, 2.24) is 15.3 Å². The van der Waals surface area contributed by atoms with Crippen molar-refractivity contribution in [3.8, 4) is 11.5 Å². The molecule has 1 atom stereocenters. The molecule has 0 saturated heterocycles. The van der Waals surface area contributed by atoms with E-state index >= 15 is 0 Å². The molecule has 0 spiro atoms. The number of alkyl halides is 3. The second kappa shape index (κ2) is 10.4. The van der Waals surface area contributed by atoms with Crippen LogP contribution in [0.15, 0.2) is 67.1 Å². The van der Waals surface area contributed by atoms with E-state index in [1.165, 1.54) is 12.3 Å². The van der Waals surface area contributed by atoms with Crippen molar-refractivity contribution in [1.29, 1.82) is 0 Å². The molecule has 1 aromatic carbocycles. The van der Waals surface area contributed by atoms with Gasteiger partial charge in [-0.25, -0.2) is 4.98 Å². The van der Waals surface area contributed by atoms with Crippen molar-refractivity contribution in [2.75, 3.05) is 7.11 Å². The second-order valence-corrected chi connectivity index (χ2v) is 8.40. The Hall–Kier alpha value is -3.52. The predicted molar refractivity (Wildman–Crippen MR) is 129 cm³/mol. The summed E-state index contributed by atoms with van der Waals surface area (Å²) in [5.41, 5.74) is 2.73. The van der Waals surface area contributed by atoms with Crippen molar-refractivity contribution in [3.63, 3.8) is 0 Å². The van der Waals surface area contributed by atoms with Gasteiger partial charge in [-0.3, -0.25) is 4.98 Å². The Balaban J connectivity index is 1.54. The lowest BCUT2D eigenvalue weighted by Crippen LogP contribution is -2.12. The fourth-order valence-electron chi connectivity index (χ4n) is 3.82.